The summed E-state index contributed by atoms with van der Waals surface area (Å²) in [4.78, 5) is 12.6. The molecule has 1 N–H and O–H groups in total. The summed E-state index contributed by atoms with van der Waals surface area (Å²) in [7, 11) is 0. The second-order valence-electron chi connectivity index (χ2n) is 4.78. The van der Waals surface area contributed by atoms with E-state index in [1.165, 1.54) is 12.8 Å². The van der Waals surface area contributed by atoms with Gasteiger partial charge in [-0.25, -0.2) is 0 Å². The van der Waals surface area contributed by atoms with Gasteiger partial charge in [0.1, 0.15) is 0 Å². The summed E-state index contributed by atoms with van der Waals surface area (Å²) in [5, 5.41) is 8.67. The van der Waals surface area contributed by atoms with E-state index in [4.69, 9.17) is 16.7 Å². The first-order chi connectivity index (χ1) is 6.63. The van der Waals surface area contributed by atoms with Crippen molar-refractivity contribution in [3.8, 4) is 0 Å². The average Bonchev–Trinajstić information content (AvgIpc) is 2.44. The van der Waals surface area contributed by atoms with Crippen LogP contribution in [-0.2, 0) is 4.79 Å². The van der Waals surface area contributed by atoms with E-state index in [9.17, 15) is 4.79 Å². The number of carbonyl (C=O) groups is 1. The third kappa shape index (κ3) is 1.89. The molecule has 14 heavy (non-hydrogen) atoms. The van der Waals surface area contributed by atoms with Crippen molar-refractivity contribution in [2.24, 2.45) is 11.3 Å². The van der Waals surface area contributed by atoms with E-state index in [2.05, 4.69) is 0 Å². The number of hydrogen-bond acceptors (Lipinski definition) is 2. The van der Waals surface area contributed by atoms with Crippen molar-refractivity contribution in [1.82, 2.24) is 4.90 Å². The van der Waals surface area contributed by atoms with Crippen LogP contribution in [-0.4, -0.2) is 41.5 Å². The molecule has 4 heteroatoms. The van der Waals surface area contributed by atoms with E-state index >= 15 is 0 Å². The largest absolute Gasteiger partial charge is 0.480 e. The molecule has 1 aliphatic carbocycles. The minimum Gasteiger partial charge on any atom is -0.480 e. The predicted molar refractivity (Wildman–Crippen MR) is 54.6 cm³/mol. The third-order valence-electron chi connectivity index (χ3n) is 3.54. The molecule has 1 heterocycles. The van der Waals surface area contributed by atoms with Crippen molar-refractivity contribution in [2.75, 3.05) is 25.5 Å². The fraction of sp³-hybridized carbons (Fsp3) is 0.900. The molecular formula is C10H16ClNO2. The van der Waals surface area contributed by atoms with Crippen LogP contribution in [0.15, 0.2) is 0 Å². The van der Waals surface area contributed by atoms with Crippen LogP contribution in [0, 0.1) is 11.3 Å². The first-order valence-corrected chi connectivity index (χ1v) is 5.67. The highest BCUT2D eigenvalue weighted by Crippen LogP contribution is 2.51. The van der Waals surface area contributed by atoms with Gasteiger partial charge in [0, 0.05) is 12.4 Å². The van der Waals surface area contributed by atoms with Gasteiger partial charge in [0.05, 0.1) is 6.54 Å². The van der Waals surface area contributed by atoms with Crippen molar-refractivity contribution >= 4 is 17.6 Å². The zero-order valence-corrected chi connectivity index (χ0v) is 8.96. The van der Waals surface area contributed by atoms with Crippen LogP contribution in [0.1, 0.15) is 19.3 Å². The van der Waals surface area contributed by atoms with Crippen molar-refractivity contribution in [3.05, 3.63) is 0 Å². The predicted octanol–water partition coefficient (Wildman–Crippen LogP) is 1.41. The van der Waals surface area contributed by atoms with Crippen molar-refractivity contribution in [2.45, 2.75) is 19.3 Å². The van der Waals surface area contributed by atoms with Crippen molar-refractivity contribution in [1.29, 1.82) is 0 Å². The lowest BCUT2D eigenvalue weighted by molar-refractivity contribution is -0.138. The van der Waals surface area contributed by atoms with Gasteiger partial charge in [-0.1, -0.05) is 0 Å². The number of hydrogen-bond donors (Lipinski definition) is 1. The van der Waals surface area contributed by atoms with Gasteiger partial charge in [0.25, 0.3) is 0 Å². The Hall–Kier alpha value is -0.280. The lowest BCUT2D eigenvalue weighted by atomic mass is 9.62. The first-order valence-electron chi connectivity index (χ1n) is 5.14. The molecule has 3 nitrogen and oxygen atoms in total. The molecule has 80 valence electrons. The molecule has 0 bridgehead atoms. The Morgan fingerprint density at radius 3 is 2.86 bits per heavy atom. The van der Waals surface area contributed by atoms with Gasteiger partial charge in [-0.15, -0.1) is 11.6 Å². The van der Waals surface area contributed by atoms with Crippen LogP contribution in [0.4, 0.5) is 0 Å². The summed E-state index contributed by atoms with van der Waals surface area (Å²) in [6.45, 7) is 2.11. The lowest BCUT2D eigenvalue weighted by Gasteiger charge is -2.44. The van der Waals surface area contributed by atoms with E-state index in [1.807, 2.05) is 4.90 Å². The Morgan fingerprint density at radius 1 is 1.57 bits per heavy atom. The molecule has 2 aliphatic rings. The molecule has 0 atom stereocenters. The molecule has 2 fully saturated rings. The summed E-state index contributed by atoms with van der Waals surface area (Å²) < 4.78 is 0. The van der Waals surface area contributed by atoms with Gasteiger partial charge in [-0.05, 0) is 37.1 Å². The molecule has 0 unspecified atom stereocenters. The van der Waals surface area contributed by atoms with E-state index in [0.29, 0.717) is 11.3 Å². The number of alkyl halides is 1. The highest BCUT2D eigenvalue weighted by atomic mass is 35.5. The quantitative estimate of drug-likeness (QED) is 0.727. The second kappa shape index (κ2) is 3.70. The third-order valence-corrected chi connectivity index (χ3v) is 3.97. The van der Waals surface area contributed by atoms with E-state index < -0.39 is 5.97 Å². The maximum Gasteiger partial charge on any atom is 0.317 e. The molecule has 1 saturated carbocycles. The molecule has 0 aromatic carbocycles. The highest BCUT2D eigenvalue weighted by Gasteiger charge is 2.47. The zero-order valence-electron chi connectivity index (χ0n) is 8.21. The average molecular weight is 218 g/mol. The smallest absolute Gasteiger partial charge is 0.317 e. The first kappa shape index (κ1) is 10.2. The Morgan fingerprint density at radius 2 is 2.29 bits per heavy atom. The van der Waals surface area contributed by atoms with Gasteiger partial charge < -0.3 is 5.11 Å². The SMILES string of the molecule is O=C(O)CN1CCC2(CC(CCl)C2)C1. The molecule has 0 radical (unpaired) electrons. The highest BCUT2D eigenvalue weighted by molar-refractivity contribution is 6.18. The van der Waals surface area contributed by atoms with Gasteiger partial charge in [-0.2, -0.15) is 0 Å². The fourth-order valence-electron chi connectivity index (χ4n) is 2.96. The lowest BCUT2D eigenvalue weighted by Crippen LogP contribution is -2.41. The van der Waals surface area contributed by atoms with Crippen molar-refractivity contribution in [3.63, 3.8) is 0 Å². The van der Waals surface area contributed by atoms with Gasteiger partial charge in [-0.3, -0.25) is 9.69 Å². The topological polar surface area (TPSA) is 40.5 Å². The minimum atomic E-state index is -0.713. The fourth-order valence-corrected chi connectivity index (χ4v) is 3.18. The molecule has 1 aliphatic heterocycles. The molecule has 2 rings (SSSR count). The number of carboxylic acid groups (broad SMARTS) is 1. The summed E-state index contributed by atoms with van der Waals surface area (Å²) in [6.07, 6.45) is 3.56. The van der Waals surface area contributed by atoms with Crippen LogP contribution in [0.5, 0.6) is 0 Å². The summed E-state index contributed by atoms with van der Waals surface area (Å²) >= 11 is 5.78. The van der Waals surface area contributed by atoms with Crippen LogP contribution in [0.3, 0.4) is 0 Å². The Bertz CT molecular complexity index is 238. The van der Waals surface area contributed by atoms with Gasteiger partial charge >= 0.3 is 5.97 Å². The number of nitrogens with zero attached hydrogens (tertiary/aromatic N) is 1. The van der Waals surface area contributed by atoms with E-state index in [1.54, 1.807) is 0 Å². The second-order valence-corrected chi connectivity index (χ2v) is 5.09. The van der Waals surface area contributed by atoms with Gasteiger partial charge in [0.15, 0.2) is 0 Å². The van der Waals surface area contributed by atoms with Crippen LogP contribution in [0.2, 0.25) is 0 Å². The summed E-state index contributed by atoms with van der Waals surface area (Å²) in [5.74, 6) is 0.734. The van der Waals surface area contributed by atoms with Crippen LogP contribution >= 0.6 is 11.6 Å². The number of carboxylic acids is 1. The van der Waals surface area contributed by atoms with E-state index in [0.717, 1.165) is 25.4 Å². The van der Waals surface area contributed by atoms with Crippen molar-refractivity contribution < 1.29 is 9.90 Å². The maximum atomic E-state index is 10.5. The standard InChI is InChI=1S/C10H16ClNO2/c11-5-8-3-10(4-8)1-2-12(7-10)6-9(13)14/h8H,1-7H2,(H,13,14). The molecule has 0 amide bonds. The summed E-state index contributed by atoms with van der Waals surface area (Å²) in [5.41, 5.74) is 0.426. The number of rotatable bonds is 3. The molecular weight excluding hydrogens is 202 g/mol. The summed E-state index contributed by atoms with van der Waals surface area (Å²) in [6, 6.07) is 0. The molecule has 1 spiro atoms. The maximum absolute atomic E-state index is 10.5. The Balaban J connectivity index is 1.81. The number of halogens is 1. The number of likely N-dealkylation sites (tertiary alicyclic amines) is 1. The Kier molecular flexibility index (Phi) is 2.71. The van der Waals surface area contributed by atoms with Crippen LogP contribution < -0.4 is 0 Å². The number of aliphatic carboxylic acids is 1. The molecule has 1 saturated heterocycles. The molecule has 0 aromatic heterocycles. The monoisotopic (exact) mass is 217 g/mol. The van der Waals surface area contributed by atoms with Gasteiger partial charge in [0.2, 0.25) is 0 Å². The minimum absolute atomic E-state index is 0.202. The van der Waals surface area contributed by atoms with E-state index in [-0.39, 0.29) is 6.54 Å². The van der Waals surface area contributed by atoms with Crippen LogP contribution in [0.25, 0.3) is 0 Å². The normalized spacial score (nSPS) is 37.4. The zero-order chi connectivity index (χ0) is 10.2. The Labute approximate surface area is 89.0 Å². The molecule has 0 aromatic rings.